The van der Waals surface area contributed by atoms with Crippen LogP contribution in [-0.2, 0) is 17.6 Å². The van der Waals surface area contributed by atoms with Crippen LogP contribution < -0.4 is 15.6 Å². The number of hydrazine groups is 1. The number of aliphatic hydroxyl groups is 1. The Morgan fingerprint density at radius 3 is 3.09 bits per heavy atom. The lowest BCUT2D eigenvalue weighted by Gasteiger charge is -2.28. The van der Waals surface area contributed by atoms with Gasteiger partial charge in [0.15, 0.2) is 0 Å². The number of hydrogen-bond donors (Lipinski definition) is 4. The number of likely N-dealkylation sites (N-methyl/N-ethyl adjacent to an activating group) is 1. The van der Waals surface area contributed by atoms with Crippen molar-refractivity contribution in [3.63, 3.8) is 0 Å². The first kappa shape index (κ1) is 21.7. The highest BCUT2D eigenvalue weighted by Gasteiger charge is 2.31. The summed E-state index contributed by atoms with van der Waals surface area (Å²) in [4.78, 5) is 29.9. The number of anilines is 3. The molecule has 3 aromatic rings. The lowest BCUT2D eigenvalue weighted by Crippen LogP contribution is -2.39. The predicted octanol–water partition coefficient (Wildman–Crippen LogP) is 3.97. The largest absolute Gasteiger partial charge is 0.395 e. The number of nitrogens with one attached hydrogen (secondary N) is 3. The summed E-state index contributed by atoms with van der Waals surface area (Å²) >= 11 is 9.64. The van der Waals surface area contributed by atoms with E-state index >= 15 is 0 Å². The molecule has 2 aliphatic rings. The minimum Gasteiger partial charge on any atom is -0.395 e. The zero-order valence-corrected chi connectivity index (χ0v) is 19.8. The first-order chi connectivity index (χ1) is 15.6. The number of fused-ring (bicyclic) bond motifs is 4. The summed E-state index contributed by atoms with van der Waals surface area (Å²) < 4.78 is 0. The van der Waals surface area contributed by atoms with Crippen LogP contribution in [0.15, 0.2) is 23.4 Å². The van der Waals surface area contributed by atoms with Crippen LogP contribution in [0.5, 0.6) is 0 Å². The highest BCUT2D eigenvalue weighted by Crippen LogP contribution is 2.43. The Bertz CT molecular complexity index is 1190. The Morgan fingerprint density at radius 1 is 1.41 bits per heavy atom. The van der Waals surface area contributed by atoms with E-state index in [1.54, 1.807) is 22.6 Å². The van der Waals surface area contributed by atoms with Crippen LogP contribution in [0.25, 0.3) is 10.2 Å². The molecule has 11 heteroatoms. The maximum Gasteiger partial charge on any atom is 0.226 e. The van der Waals surface area contributed by atoms with E-state index in [4.69, 9.17) is 11.6 Å². The summed E-state index contributed by atoms with van der Waals surface area (Å²) in [6, 6.07) is 3.88. The number of nitrogens with zero attached hydrogens (tertiary/aromatic N) is 3. The van der Waals surface area contributed by atoms with E-state index in [0.717, 1.165) is 45.1 Å². The molecule has 1 aliphatic heterocycles. The molecule has 4 N–H and O–H groups in total. The Kier molecular flexibility index (Phi) is 6.13. The summed E-state index contributed by atoms with van der Waals surface area (Å²) in [5.74, 6) is 0.798. The molecule has 0 saturated heterocycles. The Hall–Kier alpha value is -2.11. The predicted molar refractivity (Wildman–Crippen MR) is 130 cm³/mol. The molecule has 0 saturated carbocycles. The van der Waals surface area contributed by atoms with Gasteiger partial charge in [0.25, 0.3) is 0 Å². The summed E-state index contributed by atoms with van der Waals surface area (Å²) in [7, 11) is 0. The smallest absolute Gasteiger partial charge is 0.226 e. The van der Waals surface area contributed by atoms with E-state index in [1.165, 1.54) is 22.4 Å². The normalized spacial score (nSPS) is 17.0. The van der Waals surface area contributed by atoms with E-state index < -0.39 is 0 Å². The fourth-order valence-electron chi connectivity index (χ4n) is 4.31. The monoisotopic (exact) mass is 490 g/mol. The van der Waals surface area contributed by atoms with Crippen LogP contribution in [0.3, 0.4) is 0 Å². The van der Waals surface area contributed by atoms with Gasteiger partial charge in [0.2, 0.25) is 5.91 Å². The van der Waals surface area contributed by atoms with Crippen molar-refractivity contribution in [2.45, 2.75) is 31.1 Å². The molecule has 0 radical (unpaired) electrons. The van der Waals surface area contributed by atoms with Crippen molar-refractivity contribution >= 4 is 68.2 Å². The highest BCUT2D eigenvalue weighted by atomic mass is 35.5. The van der Waals surface area contributed by atoms with Gasteiger partial charge in [-0.1, -0.05) is 11.6 Å². The maximum absolute atomic E-state index is 12.9. The van der Waals surface area contributed by atoms with Gasteiger partial charge < -0.3 is 20.7 Å². The van der Waals surface area contributed by atoms with Crippen molar-refractivity contribution in [1.29, 1.82) is 0 Å². The quantitative estimate of drug-likeness (QED) is 0.385. The number of benzene rings is 1. The third-order valence-corrected chi connectivity index (χ3v) is 8.16. The molecule has 0 spiro atoms. The number of hydrogen-bond acceptors (Lipinski definition) is 9. The van der Waals surface area contributed by atoms with Crippen LogP contribution in [0.4, 0.5) is 17.2 Å². The molecule has 1 atom stereocenters. The fraction of sp³-hybridized carbons (Fsp3) is 0.381. The van der Waals surface area contributed by atoms with Gasteiger partial charge in [-0.2, -0.15) is 4.83 Å². The topological polar surface area (TPSA) is 102 Å². The molecule has 1 aromatic carbocycles. The molecule has 3 heterocycles. The van der Waals surface area contributed by atoms with Crippen LogP contribution in [0.1, 0.15) is 23.8 Å². The first-order valence-corrected chi connectivity index (χ1v) is 12.5. The number of carbonyl (C=O) groups is 1. The molecule has 0 unspecified atom stereocenters. The molecule has 0 bridgehead atoms. The SMILES string of the molecule is CCN(CCO)C(=O)[C@H]1CCc2c(sc3ncnc(Nc4cc5c(cc4Cl)NNS5)c23)C1. The van der Waals surface area contributed by atoms with E-state index in [9.17, 15) is 9.90 Å². The van der Waals surface area contributed by atoms with Crippen molar-refractivity contribution < 1.29 is 9.90 Å². The average Bonchev–Trinajstić information content (AvgIpc) is 3.40. The second-order valence-electron chi connectivity index (χ2n) is 7.77. The van der Waals surface area contributed by atoms with Crippen LogP contribution in [0, 0.1) is 5.92 Å². The lowest BCUT2D eigenvalue weighted by atomic mass is 9.87. The van der Waals surface area contributed by atoms with Crippen molar-refractivity contribution in [3.8, 4) is 0 Å². The second-order valence-corrected chi connectivity index (χ2v) is 10.1. The van der Waals surface area contributed by atoms with Crippen molar-refractivity contribution in [2.75, 3.05) is 30.4 Å². The van der Waals surface area contributed by atoms with Crippen LogP contribution >= 0.6 is 34.9 Å². The van der Waals surface area contributed by atoms with E-state index in [2.05, 4.69) is 25.5 Å². The molecule has 2 aromatic heterocycles. The molecule has 5 rings (SSSR count). The minimum absolute atomic E-state index is 0.0130. The minimum atomic E-state index is -0.0605. The Balaban J connectivity index is 1.45. The molecular weight excluding hydrogens is 468 g/mol. The molecule has 1 amide bonds. The van der Waals surface area contributed by atoms with Crippen molar-refractivity contribution in [2.24, 2.45) is 5.92 Å². The van der Waals surface area contributed by atoms with Gasteiger partial charge in [0.05, 0.1) is 33.3 Å². The van der Waals surface area contributed by atoms with Gasteiger partial charge in [-0.05, 0) is 55.8 Å². The zero-order chi connectivity index (χ0) is 22.2. The van der Waals surface area contributed by atoms with Crippen molar-refractivity contribution in [1.82, 2.24) is 19.7 Å². The second kappa shape index (κ2) is 9.03. The molecule has 1 aliphatic carbocycles. The number of aromatic nitrogens is 2. The average molecular weight is 491 g/mol. The number of amides is 1. The maximum atomic E-state index is 12.9. The number of halogens is 1. The van der Waals surface area contributed by atoms with Gasteiger partial charge in [-0.25, -0.2) is 9.97 Å². The summed E-state index contributed by atoms with van der Waals surface area (Å²) in [5.41, 5.74) is 6.02. The zero-order valence-electron chi connectivity index (χ0n) is 17.4. The number of carbonyl (C=O) groups excluding carboxylic acids is 1. The highest BCUT2D eigenvalue weighted by molar-refractivity contribution is 7.98. The fourth-order valence-corrected chi connectivity index (χ4v) is 6.46. The summed E-state index contributed by atoms with van der Waals surface area (Å²) in [5, 5.41) is 14.3. The third-order valence-electron chi connectivity index (χ3n) is 5.93. The summed E-state index contributed by atoms with van der Waals surface area (Å²) in [6.07, 6.45) is 3.84. The standard InChI is InChI=1S/C21H23ClN6O2S2/c1-2-28(5-6-29)21(30)11-3-4-12-16(7-11)31-20-18(12)19(23-10-24-20)25-14-9-17-15(8-13(14)22)26-27-32-17/h8-11,26-27,29H,2-7H2,1H3,(H,23,24,25)/t11-/m0/s1. The van der Waals surface area contributed by atoms with Gasteiger partial charge in [0.1, 0.15) is 17.0 Å². The number of aliphatic hydroxyl groups excluding tert-OH is 1. The first-order valence-electron chi connectivity index (χ1n) is 10.5. The van der Waals surface area contributed by atoms with Crippen LogP contribution in [-0.4, -0.2) is 45.6 Å². The van der Waals surface area contributed by atoms with Crippen molar-refractivity contribution in [3.05, 3.63) is 33.9 Å². The number of rotatable bonds is 6. The van der Waals surface area contributed by atoms with Gasteiger partial charge >= 0.3 is 0 Å². The van der Waals surface area contributed by atoms with E-state index in [1.807, 2.05) is 19.1 Å². The molecule has 32 heavy (non-hydrogen) atoms. The number of thiophene rings is 1. The molecular formula is C21H23ClN6O2S2. The van der Waals surface area contributed by atoms with E-state index in [0.29, 0.717) is 24.5 Å². The molecule has 8 nitrogen and oxygen atoms in total. The van der Waals surface area contributed by atoms with Crippen LogP contribution in [0.2, 0.25) is 5.02 Å². The van der Waals surface area contributed by atoms with Gasteiger partial charge in [-0.15, -0.1) is 11.3 Å². The Morgan fingerprint density at radius 2 is 2.28 bits per heavy atom. The Labute approximate surface area is 198 Å². The van der Waals surface area contributed by atoms with E-state index in [-0.39, 0.29) is 18.4 Å². The number of aryl methyl sites for hydroxylation is 1. The molecule has 0 fully saturated rings. The lowest BCUT2D eigenvalue weighted by molar-refractivity contribution is -0.136. The summed E-state index contributed by atoms with van der Waals surface area (Å²) in [6.45, 7) is 2.93. The third kappa shape index (κ3) is 3.90. The van der Waals surface area contributed by atoms with Gasteiger partial charge in [-0.3, -0.25) is 4.79 Å². The van der Waals surface area contributed by atoms with Gasteiger partial charge in [0, 0.05) is 23.9 Å². The molecule has 168 valence electrons.